The molecule has 4 aliphatic carbocycles. The summed E-state index contributed by atoms with van der Waals surface area (Å²) in [7, 11) is 0. The van der Waals surface area contributed by atoms with Crippen molar-refractivity contribution in [2.45, 2.75) is 92.0 Å². The molecule has 0 radical (unpaired) electrons. The average Bonchev–Trinajstić information content (AvgIpc) is 3.19. The second-order valence-electron chi connectivity index (χ2n) is 12.6. The number of carbonyl (C=O) groups is 2. The van der Waals surface area contributed by atoms with E-state index in [1.165, 1.54) is 36.2 Å². The zero-order valence-electron chi connectivity index (χ0n) is 23.0. The van der Waals surface area contributed by atoms with E-state index in [1.54, 1.807) is 0 Å². The van der Waals surface area contributed by atoms with E-state index in [9.17, 15) is 14.7 Å². The Hall–Kier alpha value is -1.73. The number of carbonyl (C=O) groups excluding carboxylic acids is 2. The zero-order valence-corrected chi connectivity index (χ0v) is 23.0. The van der Waals surface area contributed by atoms with E-state index in [-0.39, 0.29) is 24.0 Å². The number of hydrogen-bond donors (Lipinski definition) is 2. The molecule has 0 unspecified atom stereocenters. The Kier molecular flexibility index (Phi) is 8.30. The predicted octanol–water partition coefficient (Wildman–Crippen LogP) is 4.94. The van der Waals surface area contributed by atoms with Gasteiger partial charge in [-0.2, -0.15) is 0 Å². The van der Waals surface area contributed by atoms with Crippen molar-refractivity contribution in [1.29, 1.82) is 0 Å². The van der Waals surface area contributed by atoms with Crippen LogP contribution in [0.5, 0.6) is 0 Å². The molecule has 3 fully saturated rings. The van der Waals surface area contributed by atoms with Gasteiger partial charge in [0.25, 0.3) is 0 Å². The molecule has 7 heteroatoms. The molecule has 0 saturated heterocycles. The lowest BCUT2D eigenvalue weighted by Crippen LogP contribution is -2.51. The summed E-state index contributed by atoms with van der Waals surface area (Å²) in [4.78, 5) is 31.7. The monoisotopic (exact) mass is 501 g/mol. The van der Waals surface area contributed by atoms with Crippen molar-refractivity contribution in [1.82, 2.24) is 10.2 Å². The second-order valence-corrected chi connectivity index (χ2v) is 12.6. The molecule has 0 aromatic rings. The number of hydrogen-bond acceptors (Lipinski definition) is 6. The highest BCUT2D eigenvalue weighted by atomic mass is 16.7. The smallest absolute Gasteiger partial charge is 0.395 e. The molecule has 1 amide bonds. The van der Waals surface area contributed by atoms with Gasteiger partial charge in [0.05, 0.1) is 12.3 Å². The fraction of sp³-hybridized carbons (Fsp3) is 0.828. The van der Waals surface area contributed by atoms with E-state index >= 15 is 0 Å². The Bertz CT molecular complexity index is 899. The summed E-state index contributed by atoms with van der Waals surface area (Å²) in [5, 5.41) is 17.0. The maximum atomic E-state index is 12.7. The Balaban J connectivity index is 1.42. The van der Waals surface area contributed by atoms with Gasteiger partial charge in [-0.1, -0.05) is 38.4 Å². The van der Waals surface area contributed by atoms with Crippen molar-refractivity contribution < 1.29 is 19.5 Å². The van der Waals surface area contributed by atoms with Gasteiger partial charge >= 0.3 is 6.09 Å². The average molecular weight is 502 g/mol. The lowest BCUT2D eigenvalue weighted by atomic mass is 9.46. The third-order valence-electron chi connectivity index (χ3n) is 10.3. The highest BCUT2D eigenvalue weighted by molar-refractivity contribution is 5.91. The zero-order chi connectivity index (χ0) is 26.1. The fourth-order valence-corrected chi connectivity index (χ4v) is 8.38. The number of aliphatic hydroxyl groups excluding tert-OH is 1. The van der Waals surface area contributed by atoms with Crippen molar-refractivity contribution >= 4 is 17.6 Å². The molecule has 4 aliphatic rings. The minimum atomic E-state index is -0.497. The number of allylic oxidation sites excluding steroid dienone is 1. The molecule has 0 aliphatic heterocycles. The number of ketones is 1. The summed E-state index contributed by atoms with van der Waals surface area (Å²) in [6.45, 7) is 12.3. The Morgan fingerprint density at radius 3 is 2.67 bits per heavy atom. The van der Waals surface area contributed by atoms with Crippen LogP contribution in [0.4, 0.5) is 4.79 Å². The second kappa shape index (κ2) is 10.9. The molecular weight excluding hydrogens is 454 g/mol. The molecule has 4 rings (SSSR count). The van der Waals surface area contributed by atoms with Crippen LogP contribution in [0.3, 0.4) is 0 Å². The first-order valence-corrected chi connectivity index (χ1v) is 14.2. The van der Waals surface area contributed by atoms with Crippen LogP contribution in [-0.2, 0) is 9.63 Å². The van der Waals surface area contributed by atoms with E-state index in [4.69, 9.17) is 4.84 Å². The van der Waals surface area contributed by atoms with Gasteiger partial charge in [0.1, 0.15) is 0 Å². The minimum Gasteiger partial charge on any atom is -0.395 e. The number of rotatable bonds is 8. The van der Waals surface area contributed by atoms with Crippen molar-refractivity contribution in [3.63, 3.8) is 0 Å². The van der Waals surface area contributed by atoms with Crippen LogP contribution in [0.15, 0.2) is 16.8 Å². The first-order chi connectivity index (χ1) is 17.1. The van der Waals surface area contributed by atoms with Crippen LogP contribution in [0.25, 0.3) is 0 Å². The van der Waals surface area contributed by atoms with Crippen molar-refractivity contribution in [2.75, 3.05) is 26.2 Å². The number of nitrogens with zero attached hydrogens (tertiary/aromatic N) is 2. The molecule has 2 N–H and O–H groups in total. The number of oxime groups is 1. The number of aliphatic hydroxyl groups is 1. The summed E-state index contributed by atoms with van der Waals surface area (Å²) in [5.41, 5.74) is 2.70. The molecule has 202 valence electrons. The fourth-order valence-electron chi connectivity index (χ4n) is 8.38. The normalized spacial score (nSPS) is 36.1. The molecule has 3 saturated carbocycles. The minimum absolute atomic E-state index is 0.103. The maximum absolute atomic E-state index is 12.7. The molecule has 0 aromatic carbocycles. The first-order valence-electron chi connectivity index (χ1n) is 14.2. The number of amides is 1. The molecule has 6 atom stereocenters. The predicted molar refractivity (Wildman–Crippen MR) is 142 cm³/mol. The van der Waals surface area contributed by atoms with Crippen molar-refractivity contribution in [2.24, 2.45) is 39.7 Å². The third-order valence-corrected chi connectivity index (χ3v) is 10.3. The molecule has 0 spiro atoms. The highest BCUT2D eigenvalue weighted by Crippen LogP contribution is 2.66. The van der Waals surface area contributed by atoms with Gasteiger partial charge in [-0.25, -0.2) is 4.79 Å². The Morgan fingerprint density at radius 2 is 1.94 bits per heavy atom. The van der Waals surface area contributed by atoms with E-state index in [0.29, 0.717) is 55.0 Å². The van der Waals surface area contributed by atoms with Gasteiger partial charge in [-0.15, -0.1) is 0 Å². The third kappa shape index (κ3) is 5.15. The van der Waals surface area contributed by atoms with Gasteiger partial charge in [0.2, 0.25) is 0 Å². The van der Waals surface area contributed by atoms with Crippen LogP contribution in [0, 0.1) is 34.5 Å². The van der Waals surface area contributed by atoms with Crippen LogP contribution in [0.1, 0.15) is 86.0 Å². The molecule has 0 heterocycles. The van der Waals surface area contributed by atoms with E-state index < -0.39 is 6.09 Å². The quantitative estimate of drug-likeness (QED) is 0.279. The number of nitrogens with one attached hydrogen (secondary N) is 1. The van der Waals surface area contributed by atoms with Gasteiger partial charge in [0.15, 0.2) is 5.78 Å². The van der Waals surface area contributed by atoms with Gasteiger partial charge in [0, 0.05) is 38.0 Å². The van der Waals surface area contributed by atoms with E-state index in [2.05, 4.69) is 38.2 Å². The molecule has 7 nitrogen and oxygen atoms in total. The molecule has 0 aromatic heterocycles. The lowest BCUT2D eigenvalue weighted by molar-refractivity contribution is -0.117. The summed E-state index contributed by atoms with van der Waals surface area (Å²) in [6, 6.07) is 0.332. The van der Waals surface area contributed by atoms with Crippen molar-refractivity contribution in [3.05, 3.63) is 11.6 Å². The van der Waals surface area contributed by atoms with Gasteiger partial charge in [-0.05, 0) is 86.5 Å². The topological polar surface area (TPSA) is 91.2 Å². The Morgan fingerprint density at radius 1 is 1.17 bits per heavy atom. The lowest BCUT2D eigenvalue weighted by Gasteiger charge is -2.58. The highest BCUT2D eigenvalue weighted by Gasteiger charge is 2.59. The van der Waals surface area contributed by atoms with Gasteiger partial charge < -0.3 is 15.3 Å². The van der Waals surface area contributed by atoms with Crippen LogP contribution in [-0.4, -0.2) is 59.9 Å². The standard InChI is InChI=1S/C29H47N3O4/c1-19(2)30-14-15-32(16-17-33)27(35)36-31-20(3)24-8-9-25-23-7-6-21-18-22(34)10-12-28(21,4)26(23)11-13-29(24,25)5/h18-19,23-26,30,33H,6-17H2,1-5H3/b31-20+/t23-,24+,25-,26-,28-,29+/m0/s1. The summed E-state index contributed by atoms with van der Waals surface area (Å²) in [5.74, 6) is 2.67. The Labute approximate surface area is 217 Å². The summed E-state index contributed by atoms with van der Waals surface area (Å²) in [6.07, 6.45) is 10.1. The van der Waals surface area contributed by atoms with Gasteiger partial charge in [-0.3, -0.25) is 9.63 Å². The summed E-state index contributed by atoms with van der Waals surface area (Å²) >= 11 is 0. The van der Waals surface area contributed by atoms with Crippen molar-refractivity contribution in [3.8, 4) is 0 Å². The molecular formula is C29H47N3O4. The molecule has 0 bridgehead atoms. The van der Waals surface area contributed by atoms with Crippen LogP contribution >= 0.6 is 0 Å². The first kappa shape index (κ1) is 27.3. The summed E-state index contributed by atoms with van der Waals surface area (Å²) < 4.78 is 0. The van der Waals surface area contributed by atoms with Crippen LogP contribution < -0.4 is 5.32 Å². The maximum Gasteiger partial charge on any atom is 0.436 e. The van der Waals surface area contributed by atoms with E-state index in [1.807, 2.05) is 13.0 Å². The molecule has 36 heavy (non-hydrogen) atoms. The largest absolute Gasteiger partial charge is 0.436 e. The van der Waals surface area contributed by atoms with Crippen LogP contribution in [0.2, 0.25) is 0 Å². The number of fused-ring (bicyclic) bond motifs is 5. The SMILES string of the molecule is C/C(=N\OC(=O)N(CCO)CCNC(C)C)[C@H]1CC[C@H]2[C@@H]3CCC4=CC(=O)CC[C@]4(C)[C@H]3CC[C@]12C. The van der Waals surface area contributed by atoms with E-state index in [0.717, 1.165) is 25.0 Å².